The third-order valence-electron chi connectivity index (χ3n) is 13.2. The minimum absolute atomic E-state index is 0.0346. The van der Waals surface area contributed by atoms with Gasteiger partial charge < -0.3 is 9.47 Å². The van der Waals surface area contributed by atoms with Gasteiger partial charge in [-0.05, 0) is 81.0 Å². The zero-order chi connectivity index (χ0) is 31.6. The Labute approximate surface area is 277 Å². The van der Waals surface area contributed by atoms with Gasteiger partial charge in [-0.1, -0.05) is 125 Å². The van der Waals surface area contributed by atoms with E-state index in [1.807, 2.05) is 0 Å². The maximum Gasteiger partial charge on any atom is 0.252 e. The third kappa shape index (κ3) is 2.90. The molecule has 1 aliphatic carbocycles. The second-order valence-corrected chi connectivity index (χ2v) is 16.4. The first-order valence-corrected chi connectivity index (χ1v) is 17.7. The molecule has 3 heteroatoms. The molecule has 2 unspecified atom stereocenters. The van der Waals surface area contributed by atoms with Crippen LogP contribution in [-0.2, 0) is 10.8 Å². The number of hydrogen-bond acceptors (Lipinski definition) is 1. The van der Waals surface area contributed by atoms with Crippen molar-refractivity contribution in [3.05, 3.63) is 108 Å². The number of benzene rings is 6. The van der Waals surface area contributed by atoms with Gasteiger partial charge in [0.25, 0.3) is 6.71 Å². The van der Waals surface area contributed by atoms with Crippen molar-refractivity contribution in [1.82, 2.24) is 4.57 Å². The third-order valence-corrected chi connectivity index (χ3v) is 13.2. The molecule has 3 aliphatic heterocycles. The average Bonchev–Trinajstić information content (AvgIpc) is 3.53. The fourth-order valence-corrected chi connectivity index (χ4v) is 10.8. The van der Waals surface area contributed by atoms with Crippen LogP contribution < -0.4 is 21.3 Å². The number of rotatable bonds is 0. The Hall–Kier alpha value is -4.50. The number of aromatic nitrogens is 1. The molecule has 2 nitrogen and oxygen atoms in total. The van der Waals surface area contributed by atoms with E-state index in [2.05, 4.69) is 141 Å². The van der Waals surface area contributed by atoms with Crippen LogP contribution in [0.3, 0.4) is 0 Å². The standard InChI is InChI=1S/C44H39BN2/c1-42(2,3)26-24-32-41-34(25-26)45-33-19-12-18-31-37-29-16-8-6-14-27(29)28-15-7-9-17-30(28)40(37)46(39(31)33)35-20-13-21-36(38(35)45)47(41)44(5)23-11-10-22-43(32,44)4/h6-9,12-21,24-25H,10-11,22-23H2,1-5H3. The summed E-state index contributed by atoms with van der Waals surface area (Å²) in [6.07, 6.45) is 5.07. The fraction of sp³-hybridized carbons (Fsp3) is 0.273. The average molecular weight is 607 g/mol. The number of anilines is 2. The lowest BCUT2D eigenvalue weighted by molar-refractivity contribution is 0.195. The molecule has 47 heavy (non-hydrogen) atoms. The normalized spacial score (nSPS) is 22.3. The molecule has 11 rings (SSSR count). The van der Waals surface area contributed by atoms with E-state index in [0.29, 0.717) is 0 Å². The van der Waals surface area contributed by atoms with E-state index in [4.69, 9.17) is 0 Å². The van der Waals surface area contributed by atoms with E-state index in [1.54, 1.807) is 5.56 Å². The van der Waals surface area contributed by atoms with Gasteiger partial charge in [-0.3, -0.25) is 0 Å². The summed E-state index contributed by atoms with van der Waals surface area (Å²) in [6.45, 7) is 12.6. The summed E-state index contributed by atoms with van der Waals surface area (Å²) in [5.41, 5.74) is 14.7. The summed E-state index contributed by atoms with van der Waals surface area (Å²) in [5.74, 6) is 0. The molecule has 2 atom stereocenters. The molecule has 1 fully saturated rings. The first-order valence-electron chi connectivity index (χ1n) is 17.7. The zero-order valence-corrected chi connectivity index (χ0v) is 28.0. The van der Waals surface area contributed by atoms with E-state index < -0.39 is 0 Å². The van der Waals surface area contributed by atoms with Crippen molar-refractivity contribution < 1.29 is 0 Å². The van der Waals surface area contributed by atoms with E-state index in [0.717, 1.165) is 0 Å². The highest BCUT2D eigenvalue weighted by atomic mass is 15.3. The summed E-state index contributed by atoms with van der Waals surface area (Å²) in [4.78, 5) is 2.85. The van der Waals surface area contributed by atoms with Crippen LogP contribution in [0.2, 0.25) is 0 Å². The molecule has 6 aromatic carbocycles. The molecule has 0 amide bonds. The maximum absolute atomic E-state index is 2.85. The van der Waals surface area contributed by atoms with E-state index in [1.165, 1.54) is 108 Å². The van der Waals surface area contributed by atoms with Crippen LogP contribution in [0.4, 0.5) is 11.4 Å². The monoisotopic (exact) mass is 606 g/mol. The Morgan fingerprint density at radius 2 is 1.30 bits per heavy atom. The van der Waals surface area contributed by atoms with Gasteiger partial charge in [0.15, 0.2) is 0 Å². The smallest absolute Gasteiger partial charge is 0.252 e. The molecule has 1 aromatic heterocycles. The molecule has 0 radical (unpaired) electrons. The van der Waals surface area contributed by atoms with Gasteiger partial charge >= 0.3 is 0 Å². The van der Waals surface area contributed by atoms with Gasteiger partial charge in [0, 0.05) is 44.2 Å². The quantitative estimate of drug-likeness (QED) is 0.123. The van der Waals surface area contributed by atoms with Crippen molar-refractivity contribution in [1.29, 1.82) is 0 Å². The Bertz CT molecular complexity index is 2570. The molecule has 1 saturated carbocycles. The van der Waals surface area contributed by atoms with Crippen LogP contribution in [0.25, 0.3) is 49.0 Å². The molecular formula is C44H39BN2. The van der Waals surface area contributed by atoms with Gasteiger partial charge in [0.1, 0.15) is 0 Å². The van der Waals surface area contributed by atoms with Crippen molar-refractivity contribution in [2.45, 2.75) is 76.7 Å². The second-order valence-electron chi connectivity index (χ2n) is 16.4. The molecule has 0 N–H and O–H groups in total. The number of hydrogen-bond donors (Lipinski definition) is 0. The van der Waals surface area contributed by atoms with Crippen molar-refractivity contribution in [2.75, 3.05) is 4.90 Å². The largest absolute Gasteiger partial charge is 0.335 e. The van der Waals surface area contributed by atoms with Gasteiger partial charge in [-0.15, -0.1) is 0 Å². The van der Waals surface area contributed by atoms with Crippen molar-refractivity contribution in [2.24, 2.45) is 0 Å². The molecule has 0 bridgehead atoms. The molecule has 7 aromatic rings. The SMILES string of the molecule is CC(C)(C)c1cc2c3c(c1)C1(C)CCCCC1(C)N3c1cccc3c1B2c1cccc2c4c5ccccc5c5ccccc5c4n-3c12. The van der Waals surface area contributed by atoms with E-state index in [9.17, 15) is 0 Å². The lowest BCUT2D eigenvalue weighted by Gasteiger charge is -2.52. The topological polar surface area (TPSA) is 8.17 Å². The fourth-order valence-electron chi connectivity index (χ4n) is 10.8. The zero-order valence-electron chi connectivity index (χ0n) is 28.0. The lowest BCUT2D eigenvalue weighted by Crippen LogP contribution is -2.64. The van der Waals surface area contributed by atoms with E-state index >= 15 is 0 Å². The molecule has 0 saturated heterocycles. The molecule has 4 aliphatic rings. The summed E-state index contributed by atoms with van der Waals surface area (Å²) >= 11 is 0. The summed E-state index contributed by atoms with van der Waals surface area (Å²) in [5, 5.41) is 8.10. The highest BCUT2D eigenvalue weighted by molar-refractivity contribution is 7.00. The highest BCUT2D eigenvalue weighted by Gasteiger charge is 2.61. The Balaban J connectivity index is 1.37. The number of nitrogens with zero attached hydrogens (tertiary/aromatic N) is 2. The molecular weight excluding hydrogens is 567 g/mol. The van der Waals surface area contributed by atoms with Crippen LogP contribution in [0.5, 0.6) is 0 Å². The van der Waals surface area contributed by atoms with Crippen LogP contribution in [-0.4, -0.2) is 16.8 Å². The summed E-state index contributed by atoms with van der Waals surface area (Å²) in [7, 11) is 0. The predicted octanol–water partition coefficient (Wildman–Crippen LogP) is 9.27. The highest BCUT2D eigenvalue weighted by Crippen LogP contribution is 2.61. The van der Waals surface area contributed by atoms with Gasteiger partial charge in [0.05, 0.1) is 11.1 Å². The van der Waals surface area contributed by atoms with Gasteiger partial charge in [0.2, 0.25) is 0 Å². The van der Waals surface area contributed by atoms with Crippen molar-refractivity contribution in [3.8, 4) is 5.69 Å². The van der Waals surface area contributed by atoms with E-state index in [-0.39, 0.29) is 23.1 Å². The lowest BCUT2D eigenvalue weighted by atomic mass is 9.33. The Morgan fingerprint density at radius 1 is 0.638 bits per heavy atom. The van der Waals surface area contributed by atoms with Gasteiger partial charge in [-0.2, -0.15) is 0 Å². The summed E-state index contributed by atoms with van der Waals surface area (Å²) in [6, 6.07) is 37.7. The first-order chi connectivity index (χ1) is 22.7. The minimum atomic E-state index is 0.0346. The van der Waals surface area contributed by atoms with Crippen LogP contribution in [0.15, 0.2) is 97.1 Å². The number of para-hydroxylation sites is 1. The first kappa shape index (κ1) is 26.6. The van der Waals surface area contributed by atoms with Crippen LogP contribution in [0, 0.1) is 0 Å². The molecule has 228 valence electrons. The van der Waals surface area contributed by atoms with Crippen molar-refractivity contribution in [3.63, 3.8) is 0 Å². The van der Waals surface area contributed by atoms with Gasteiger partial charge in [-0.25, -0.2) is 0 Å². The minimum Gasteiger partial charge on any atom is -0.335 e. The summed E-state index contributed by atoms with van der Waals surface area (Å²) < 4.78 is 2.67. The molecule has 4 heterocycles. The van der Waals surface area contributed by atoms with Crippen LogP contribution >= 0.6 is 0 Å². The van der Waals surface area contributed by atoms with Crippen molar-refractivity contribution >= 4 is 77.8 Å². The van der Waals surface area contributed by atoms with Crippen LogP contribution in [0.1, 0.15) is 71.4 Å². The maximum atomic E-state index is 2.85. The molecule has 0 spiro atoms. The number of fused-ring (bicyclic) bond motifs is 15. The Morgan fingerprint density at radius 3 is 2.09 bits per heavy atom. The second kappa shape index (κ2) is 8.31. The Kier molecular flexibility index (Phi) is 4.70. The predicted molar refractivity (Wildman–Crippen MR) is 202 cm³/mol.